The van der Waals surface area contributed by atoms with Crippen LogP contribution in [0.2, 0.25) is 0 Å². The molecule has 0 aromatic heterocycles. The highest BCUT2D eigenvalue weighted by Crippen LogP contribution is 2.36. The lowest BCUT2D eigenvalue weighted by atomic mass is 9.88. The molecule has 0 fully saturated rings. The van der Waals surface area contributed by atoms with E-state index in [0.717, 1.165) is 5.56 Å². The zero-order valence-corrected chi connectivity index (χ0v) is 18.3. The van der Waals surface area contributed by atoms with Crippen LogP contribution in [0.1, 0.15) is 57.2 Å². The Hall–Kier alpha value is -3.09. The lowest BCUT2D eigenvalue weighted by Gasteiger charge is -2.29. The van der Waals surface area contributed by atoms with E-state index in [-0.39, 0.29) is 30.2 Å². The lowest BCUT2D eigenvalue weighted by molar-refractivity contribution is -0.127. The van der Waals surface area contributed by atoms with Crippen molar-refractivity contribution in [2.45, 2.75) is 46.1 Å². The number of carbonyl (C=O) groups is 2. The third-order valence-electron chi connectivity index (χ3n) is 5.26. The first kappa shape index (κ1) is 22.6. The molecule has 1 aliphatic heterocycles. The number of nitrogens with one attached hydrogen (secondary N) is 2. The third-order valence-corrected chi connectivity index (χ3v) is 5.26. The largest absolute Gasteiger partial charge is 0.490 e. The molecular weight excluding hydrogens is 399 g/mol. The number of fused-ring (bicyclic) bond motifs is 1. The number of halogens is 1. The number of hydrogen-bond acceptors (Lipinski definition) is 4. The summed E-state index contributed by atoms with van der Waals surface area (Å²) in [6, 6.07) is 9.45. The van der Waals surface area contributed by atoms with Crippen LogP contribution >= 0.6 is 0 Å². The first-order valence-electron chi connectivity index (χ1n) is 10.6. The van der Waals surface area contributed by atoms with E-state index in [1.807, 2.05) is 45.9 Å². The van der Waals surface area contributed by atoms with E-state index in [9.17, 15) is 14.0 Å². The Morgan fingerprint density at radius 3 is 2.52 bits per heavy atom. The van der Waals surface area contributed by atoms with Gasteiger partial charge in [-0.1, -0.05) is 26.0 Å². The van der Waals surface area contributed by atoms with E-state index in [0.29, 0.717) is 36.0 Å². The van der Waals surface area contributed by atoms with Crippen LogP contribution in [0.25, 0.3) is 0 Å². The Balaban J connectivity index is 1.88. The van der Waals surface area contributed by atoms with E-state index >= 15 is 0 Å². The predicted octanol–water partition coefficient (Wildman–Crippen LogP) is 4.56. The van der Waals surface area contributed by atoms with Gasteiger partial charge in [-0.15, -0.1) is 0 Å². The molecule has 2 atom stereocenters. The average molecular weight is 429 g/mol. The molecule has 2 aromatic carbocycles. The average Bonchev–Trinajstić information content (AvgIpc) is 2.72. The fourth-order valence-electron chi connectivity index (χ4n) is 3.82. The molecule has 2 N–H and O–H groups in total. The van der Waals surface area contributed by atoms with E-state index in [2.05, 4.69) is 10.6 Å². The fourth-order valence-corrected chi connectivity index (χ4v) is 3.82. The molecular formula is C24H29FN2O4. The summed E-state index contributed by atoms with van der Waals surface area (Å²) in [5, 5.41) is 5.73. The quantitative estimate of drug-likeness (QED) is 0.646. The van der Waals surface area contributed by atoms with E-state index in [1.54, 1.807) is 6.07 Å². The zero-order chi connectivity index (χ0) is 22.5. The van der Waals surface area contributed by atoms with Crippen LogP contribution in [-0.4, -0.2) is 25.0 Å². The highest BCUT2D eigenvalue weighted by molar-refractivity contribution is 6.01. The van der Waals surface area contributed by atoms with Gasteiger partial charge in [-0.3, -0.25) is 9.59 Å². The molecule has 7 heteroatoms. The van der Waals surface area contributed by atoms with Gasteiger partial charge in [0, 0.05) is 12.1 Å². The number of anilines is 1. The second kappa shape index (κ2) is 9.81. The second-order valence-electron chi connectivity index (χ2n) is 7.84. The van der Waals surface area contributed by atoms with Crippen LogP contribution in [0.15, 0.2) is 36.4 Å². The molecule has 0 unspecified atom stereocenters. The monoisotopic (exact) mass is 428 g/mol. The van der Waals surface area contributed by atoms with Crippen LogP contribution in [0, 0.1) is 11.7 Å². The summed E-state index contributed by atoms with van der Waals surface area (Å²) in [4.78, 5) is 25.3. The topological polar surface area (TPSA) is 76.7 Å². The molecule has 2 amide bonds. The molecule has 31 heavy (non-hydrogen) atoms. The predicted molar refractivity (Wildman–Crippen MR) is 117 cm³/mol. The Kier molecular flexibility index (Phi) is 7.15. The Bertz CT molecular complexity index is 961. The molecule has 1 heterocycles. The normalized spacial score (nSPS) is 16.3. The third kappa shape index (κ3) is 5.16. The maximum absolute atomic E-state index is 13.6. The molecule has 1 aliphatic rings. The Morgan fingerprint density at radius 2 is 1.84 bits per heavy atom. The summed E-state index contributed by atoms with van der Waals surface area (Å²) >= 11 is 0. The maximum atomic E-state index is 13.6. The molecule has 2 aromatic rings. The van der Waals surface area contributed by atoms with Crippen molar-refractivity contribution in [2.75, 3.05) is 18.5 Å². The molecule has 0 radical (unpaired) electrons. The molecule has 3 rings (SSSR count). The van der Waals surface area contributed by atoms with Crippen LogP contribution in [0.4, 0.5) is 10.1 Å². The minimum absolute atomic E-state index is 0.0166. The standard InChI is InChI=1S/C24H29FN2O4/c1-5-30-20-10-7-15(11-21(20)31-6-2)23(14(3)4)27-24(29)18-13-22(28)26-19-12-16(25)8-9-17(18)19/h7-12,14,18,23H,5-6,13H2,1-4H3,(H,26,28)(H,27,29)/t18-,23-/m1/s1. The highest BCUT2D eigenvalue weighted by Gasteiger charge is 2.33. The van der Waals surface area contributed by atoms with Gasteiger partial charge in [0.2, 0.25) is 11.8 Å². The van der Waals surface area contributed by atoms with Crippen molar-refractivity contribution in [3.8, 4) is 11.5 Å². The number of hydrogen-bond donors (Lipinski definition) is 2. The van der Waals surface area contributed by atoms with Gasteiger partial charge < -0.3 is 20.1 Å². The van der Waals surface area contributed by atoms with Gasteiger partial charge in [0.05, 0.1) is 25.2 Å². The molecule has 166 valence electrons. The summed E-state index contributed by atoms with van der Waals surface area (Å²) in [5.41, 5.74) is 1.84. The van der Waals surface area contributed by atoms with Crippen LogP contribution < -0.4 is 20.1 Å². The van der Waals surface area contributed by atoms with E-state index in [1.165, 1.54) is 12.1 Å². The van der Waals surface area contributed by atoms with Gasteiger partial charge >= 0.3 is 0 Å². The first-order valence-corrected chi connectivity index (χ1v) is 10.6. The molecule has 0 saturated heterocycles. The molecule has 6 nitrogen and oxygen atoms in total. The minimum atomic E-state index is -0.681. The number of carbonyl (C=O) groups excluding carboxylic acids is 2. The fraction of sp³-hybridized carbons (Fsp3) is 0.417. The smallest absolute Gasteiger partial charge is 0.228 e. The van der Waals surface area contributed by atoms with Gasteiger partial charge in [-0.2, -0.15) is 0 Å². The lowest BCUT2D eigenvalue weighted by Crippen LogP contribution is -2.38. The van der Waals surface area contributed by atoms with Crippen LogP contribution in [-0.2, 0) is 9.59 Å². The number of benzene rings is 2. The van der Waals surface area contributed by atoms with Gasteiger partial charge in [-0.25, -0.2) is 4.39 Å². The number of ether oxygens (including phenoxy) is 2. The number of rotatable bonds is 8. The van der Waals surface area contributed by atoms with Gasteiger partial charge in [-0.05, 0) is 55.2 Å². The van der Waals surface area contributed by atoms with Crippen molar-refractivity contribution in [3.05, 3.63) is 53.3 Å². The SMILES string of the molecule is CCOc1ccc([C@H](NC(=O)[C@@H]2CC(=O)Nc3cc(F)ccc32)C(C)C)cc1OCC. The first-order chi connectivity index (χ1) is 14.8. The highest BCUT2D eigenvalue weighted by atomic mass is 19.1. The van der Waals surface area contributed by atoms with Gasteiger partial charge in [0.25, 0.3) is 0 Å². The van der Waals surface area contributed by atoms with Gasteiger partial charge in [0.1, 0.15) is 5.82 Å². The van der Waals surface area contributed by atoms with Crippen molar-refractivity contribution in [1.29, 1.82) is 0 Å². The van der Waals surface area contributed by atoms with Crippen molar-refractivity contribution < 1.29 is 23.5 Å². The summed E-state index contributed by atoms with van der Waals surface area (Å²) in [6.45, 7) is 8.85. The van der Waals surface area contributed by atoms with Crippen LogP contribution in [0.5, 0.6) is 11.5 Å². The summed E-state index contributed by atoms with van der Waals surface area (Å²) in [5.74, 6) is -0.354. The summed E-state index contributed by atoms with van der Waals surface area (Å²) in [7, 11) is 0. The van der Waals surface area contributed by atoms with Crippen molar-refractivity contribution in [3.63, 3.8) is 0 Å². The van der Waals surface area contributed by atoms with E-state index < -0.39 is 11.7 Å². The molecule has 0 spiro atoms. The molecule has 0 aliphatic carbocycles. The van der Waals surface area contributed by atoms with Gasteiger partial charge in [0.15, 0.2) is 11.5 Å². The summed E-state index contributed by atoms with van der Waals surface area (Å²) < 4.78 is 25.0. The zero-order valence-electron chi connectivity index (χ0n) is 18.3. The van der Waals surface area contributed by atoms with Crippen molar-refractivity contribution in [2.24, 2.45) is 5.92 Å². The Morgan fingerprint density at radius 1 is 1.13 bits per heavy atom. The molecule has 0 bridgehead atoms. The van der Waals surface area contributed by atoms with E-state index in [4.69, 9.17) is 9.47 Å². The minimum Gasteiger partial charge on any atom is -0.490 e. The Labute approximate surface area is 182 Å². The second-order valence-corrected chi connectivity index (χ2v) is 7.84. The van der Waals surface area contributed by atoms with Crippen molar-refractivity contribution in [1.82, 2.24) is 5.32 Å². The number of amides is 2. The van der Waals surface area contributed by atoms with Crippen LogP contribution in [0.3, 0.4) is 0 Å². The maximum Gasteiger partial charge on any atom is 0.228 e. The molecule has 0 saturated carbocycles. The van der Waals surface area contributed by atoms with Crippen molar-refractivity contribution >= 4 is 17.5 Å². The summed E-state index contributed by atoms with van der Waals surface area (Å²) in [6.07, 6.45) is 0.0166.